The lowest BCUT2D eigenvalue weighted by atomic mass is 10.1. The van der Waals surface area contributed by atoms with E-state index < -0.39 is 12.1 Å². The number of para-hydroxylation sites is 1. The van der Waals surface area contributed by atoms with E-state index in [9.17, 15) is 14.7 Å². The van der Waals surface area contributed by atoms with E-state index in [1.807, 2.05) is 0 Å². The Labute approximate surface area is 138 Å². The molecule has 24 heavy (non-hydrogen) atoms. The van der Waals surface area contributed by atoms with Crippen LogP contribution in [0, 0.1) is 5.41 Å². The molecule has 0 fully saturated rings. The molecule has 0 amide bonds. The summed E-state index contributed by atoms with van der Waals surface area (Å²) in [5, 5.41) is 18.8. The largest absolute Gasteiger partial charge is 0.494 e. The van der Waals surface area contributed by atoms with Crippen LogP contribution in [0.2, 0.25) is 0 Å². The predicted octanol–water partition coefficient (Wildman–Crippen LogP) is 2.95. The maximum Gasteiger partial charge on any atom is 0.421 e. The molecule has 1 heterocycles. The molecule has 2 N–H and O–H groups in total. The number of hydrogen-bond acceptors (Lipinski definition) is 6. The maximum atomic E-state index is 12.1. The molecule has 7 nitrogen and oxygen atoms in total. The standard InChI is InChI=1S/C17H18N2O5/c1-4-24-17(22)19-14-8-6-5-7-11(14)13(15(19)20)9-12(10(2)18)16(21)23-3/h5-9,18,20H,4H2,1-3H3/b12-9+,18-10?. The Morgan fingerprint density at radius 3 is 2.58 bits per heavy atom. The number of benzene rings is 1. The van der Waals surface area contributed by atoms with Crippen LogP contribution in [0.5, 0.6) is 5.88 Å². The summed E-state index contributed by atoms with van der Waals surface area (Å²) in [4.78, 5) is 24.0. The number of esters is 1. The molecular formula is C17H18N2O5. The van der Waals surface area contributed by atoms with Gasteiger partial charge in [-0.15, -0.1) is 0 Å². The van der Waals surface area contributed by atoms with Gasteiger partial charge < -0.3 is 20.0 Å². The summed E-state index contributed by atoms with van der Waals surface area (Å²) in [6, 6.07) is 6.81. The average Bonchev–Trinajstić information content (AvgIpc) is 2.83. The van der Waals surface area contributed by atoms with Crippen molar-refractivity contribution in [3.05, 3.63) is 35.4 Å². The van der Waals surface area contributed by atoms with Gasteiger partial charge in [0.1, 0.15) is 0 Å². The fourth-order valence-electron chi connectivity index (χ4n) is 2.34. The monoisotopic (exact) mass is 330 g/mol. The molecule has 0 unspecified atom stereocenters. The van der Waals surface area contributed by atoms with E-state index in [2.05, 4.69) is 4.74 Å². The minimum Gasteiger partial charge on any atom is -0.494 e. The summed E-state index contributed by atoms with van der Waals surface area (Å²) in [5.74, 6) is -1.06. The van der Waals surface area contributed by atoms with E-state index >= 15 is 0 Å². The minimum atomic E-state index is -0.725. The minimum absolute atomic E-state index is 0.0143. The summed E-state index contributed by atoms with van der Waals surface area (Å²) in [6.07, 6.45) is 0.610. The fraction of sp³-hybridized carbons (Fsp3) is 0.235. The number of nitrogens with zero attached hydrogens (tertiary/aromatic N) is 1. The normalized spacial score (nSPS) is 11.4. The molecule has 2 rings (SSSR count). The first-order valence-electron chi connectivity index (χ1n) is 7.27. The van der Waals surface area contributed by atoms with Crippen LogP contribution < -0.4 is 0 Å². The second-order valence-electron chi connectivity index (χ2n) is 4.96. The quantitative estimate of drug-likeness (QED) is 0.510. The molecule has 0 aliphatic carbocycles. The SMILES string of the molecule is CCOC(=O)n1c(O)c(/C=C(\C(C)=N)C(=O)OC)c2ccccc21. The van der Waals surface area contributed by atoms with Crippen molar-refractivity contribution in [1.82, 2.24) is 4.57 Å². The smallest absolute Gasteiger partial charge is 0.421 e. The lowest BCUT2D eigenvalue weighted by Crippen LogP contribution is -2.13. The number of nitrogens with one attached hydrogen (secondary N) is 1. The fourth-order valence-corrected chi connectivity index (χ4v) is 2.34. The molecule has 0 saturated carbocycles. The highest BCUT2D eigenvalue weighted by Gasteiger charge is 2.22. The number of carbonyl (C=O) groups excluding carboxylic acids is 2. The number of fused-ring (bicyclic) bond motifs is 1. The lowest BCUT2D eigenvalue weighted by Gasteiger charge is -2.05. The van der Waals surface area contributed by atoms with E-state index in [0.29, 0.717) is 10.9 Å². The van der Waals surface area contributed by atoms with Gasteiger partial charge in [0, 0.05) is 16.7 Å². The molecule has 0 atom stereocenters. The first kappa shape index (κ1) is 17.3. The predicted molar refractivity (Wildman–Crippen MR) is 89.4 cm³/mol. The summed E-state index contributed by atoms with van der Waals surface area (Å²) < 4.78 is 10.6. The first-order valence-corrected chi connectivity index (χ1v) is 7.27. The number of aromatic nitrogens is 1. The summed E-state index contributed by atoms with van der Waals surface area (Å²) in [7, 11) is 1.21. The second kappa shape index (κ2) is 6.99. The van der Waals surface area contributed by atoms with Crippen molar-refractivity contribution >= 4 is 34.8 Å². The van der Waals surface area contributed by atoms with E-state index in [1.54, 1.807) is 31.2 Å². The van der Waals surface area contributed by atoms with Gasteiger partial charge in [0.05, 0.1) is 24.8 Å². The van der Waals surface area contributed by atoms with Crippen LogP contribution in [0.4, 0.5) is 4.79 Å². The first-order chi connectivity index (χ1) is 11.4. The second-order valence-corrected chi connectivity index (χ2v) is 4.96. The Kier molecular flexibility index (Phi) is 5.03. The third kappa shape index (κ3) is 3.01. The zero-order valence-corrected chi connectivity index (χ0v) is 13.6. The molecule has 2 aromatic rings. The summed E-state index contributed by atoms with van der Waals surface area (Å²) in [6.45, 7) is 3.25. The number of aromatic hydroxyl groups is 1. The van der Waals surface area contributed by atoms with Crippen LogP contribution in [0.15, 0.2) is 29.8 Å². The van der Waals surface area contributed by atoms with Crippen LogP contribution in [0.25, 0.3) is 17.0 Å². The number of ether oxygens (including phenoxy) is 2. The Morgan fingerprint density at radius 2 is 2.00 bits per heavy atom. The van der Waals surface area contributed by atoms with Gasteiger partial charge >= 0.3 is 12.1 Å². The Bertz CT molecular complexity index is 848. The number of hydrogen-bond donors (Lipinski definition) is 2. The van der Waals surface area contributed by atoms with Crippen LogP contribution in [0.1, 0.15) is 19.4 Å². The third-order valence-electron chi connectivity index (χ3n) is 3.44. The lowest BCUT2D eigenvalue weighted by molar-refractivity contribution is -0.135. The van der Waals surface area contributed by atoms with E-state index in [4.69, 9.17) is 10.1 Å². The number of rotatable bonds is 4. The van der Waals surface area contributed by atoms with Crippen LogP contribution in [-0.2, 0) is 14.3 Å². The van der Waals surface area contributed by atoms with Crippen molar-refractivity contribution < 1.29 is 24.2 Å². The molecule has 0 aliphatic heterocycles. The summed E-state index contributed by atoms with van der Waals surface area (Å²) in [5.41, 5.74) is 0.644. The van der Waals surface area contributed by atoms with Crippen molar-refractivity contribution in [1.29, 1.82) is 5.41 Å². The highest BCUT2D eigenvalue weighted by molar-refractivity contribution is 6.22. The van der Waals surface area contributed by atoms with E-state index in [0.717, 1.165) is 4.57 Å². The van der Waals surface area contributed by atoms with Gasteiger partial charge in [-0.05, 0) is 26.0 Å². The topological polar surface area (TPSA) is 102 Å². The van der Waals surface area contributed by atoms with E-state index in [-0.39, 0.29) is 29.3 Å². The molecule has 126 valence electrons. The van der Waals surface area contributed by atoms with Gasteiger partial charge in [0.25, 0.3) is 0 Å². The number of methoxy groups -OCH3 is 1. The van der Waals surface area contributed by atoms with Crippen LogP contribution in [-0.4, -0.2) is 41.2 Å². The summed E-state index contributed by atoms with van der Waals surface area (Å²) >= 11 is 0. The molecule has 1 aromatic carbocycles. The van der Waals surface area contributed by atoms with Crippen molar-refractivity contribution in [2.75, 3.05) is 13.7 Å². The molecule has 1 aromatic heterocycles. The van der Waals surface area contributed by atoms with Gasteiger partial charge in [-0.25, -0.2) is 14.2 Å². The third-order valence-corrected chi connectivity index (χ3v) is 3.44. The van der Waals surface area contributed by atoms with Gasteiger partial charge in [0.2, 0.25) is 5.88 Å². The zero-order valence-electron chi connectivity index (χ0n) is 13.6. The molecule has 0 bridgehead atoms. The zero-order chi connectivity index (χ0) is 17.9. The Hall–Kier alpha value is -3.09. The van der Waals surface area contributed by atoms with Crippen LogP contribution in [0.3, 0.4) is 0 Å². The maximum absolute atomic E-state index is 12.1. The van der Waals surface area contributed by atoms with Crippen molar-refractivity contribution in [2.24, 2.45) is 0 Å². The molecule has 7 heteroatoms. The van der Waals surface area contributed by atoms with Crippen molar-refractivity contribution in [3.8, 4) is 5.88 Å². The Balaban J connectivity index is 2.75. The molecule has 0 radical (unpaired) electrons. The average molecular weight is 330 g/mol. The van der Waals surface area contributed by atoms with Gasteiger partial charge in [-0.2, -0.15) is 0 Å². The van der Waals surface area contributed by atoms with Crippen LogP contribution >= 0.6 is 0 Å². The highest BCUT2D eigenvalue weighted by Crippen LogP contribution is 2.33. The van der Waals surface area contributed by atoms with Gasteiger partial charge in [-0.3, -0.25) is 0 Å². The Morgan fingerprint density at radius 1 is 1.33 bits per heavy atom. The molecule has 0 spiro atoms. The molecule has 0 aliphatic rings. The van der Waals surface area contributed by atoms with Crippen molar-refractivity contribution in [3.63, 3.8) is 0 Å². The number of carbonyl (C=O) groups is 2. The highest BCUT2D eigenvalue weighted by atomic mass is 16.6. The van der Waals surface area contributed by atoms with Gasteiger partial charge in [-0.1, -0.05) is 18.2 Å². The molecule has 0 saturated heterocycles. The molecular weight excluding hydrogens is 312 g/mol. The van der Waals surface area contributed by atoms with Gasteiger partial charge in [0.15, 0.2) is 0 Å². The van der Waals surface area contributed by atoms with Crippen molar-refractivity contribution in [2.45, 2.75) is 13.8 Å². The van der Waals surface area contributed by atoms with E-state index in [1.165, 1.54) is 20.1 Å².